The number of methoxy groups -OCH3 is 1. The van der Waals surface area contributed by atoms with Gasteiger partial charge in [0.05, 0.1) is 11.1 Å². The Hall–Kier alpha value is -0.750. The number of H-pyrrole nitrogens is 1. The molecular weight excluding hydrogens is 289 g/mol. The topological polar surface area (TPSA) is 71.3 Å². The van der Waals surface area contributed by atoms with E-state index >= 15 is 0 Å². The first-order chi connectivity index (χ1) is 8.65. The Labute approximate surface area is 123 Å². The van der Waals surface area contributed by atoms with Gasteiger partial charge in [-0.05, 0) is 18.9 Å². The highest BCUT2D eigenvalue weighted by atomic mass is 35.5. The number of likely N-dealkylation sites (tertiary alicyclic amines) is 1. The fourth-order valence-electron chi connectivity index (χ4n) is 2.37. The van der Waals surface area contributed by atoms with Crippen molar-refractivity contribution in [3.05, 3.63) is 23.0 Å². The Morgan fingerprint density at radius 1 is 1.68 bits per heavy atom. The minimum absolute atomic E-state index is 0. The average molecular weight is 308 g/mol. The van der Waals surface area contributed by atoms with Crippen molar-refractivity contribution in [2.45, 2.75) is 25.0 Å². The first kappa shape index (κ1) is 16.3. The van der Waals surface area contributed by atoms with E-state index in [0.29, 0.717) is 23.8 Å². The van der Waals surface area contributed by atoms with Gasteiger partial charge >= 0.3 is 0 Å². The minimum Gasteiger partial charge on any atom is -0.381 e. The normalized spacial score (nSPS) is 23.0. The second-order valence-corrected chi connectivity index (χ2v) is 4.94. The molecule has 2 heterocycles. The number of nitrogens with two attached hydrogens (primary N) is 1. The Balaban J connectivity index is 0.00000180. The maximum atomic E-state index is 12.3. The van der Waals surface area contributed by atoms with Crippen LogP contribution in [0.1, 0.15) is 23.3 Å². The molecule has 0 aliphatic carbocycles. The molecule has 0 radical (unpaired) electrons. The number of amides is 1. The fourth-order valence-corrected chi connectivity index (χ4v) is 2.53. The molecule has 1 aromatic heterocycles. The van der Waals surface area contributed by atoms with Crippen LogP contribution in [0.2, 0.25) is 5.02 Å². The summed E-state index contributed by atoms with van der Waals surface area (Å²) in [5.74, 6) is -0.0492. The number of hydrogen-bond donors (Lipinski definition) is 2. The molecule has 1 fully saturated rings. The van der Waals surface area contributed by atoms with Crippen molar-refractivity contribution < 1.29 is 9.53 Å². The summed E-state index contributed by atoms with van der Waals surface area (Å²) in [4.78, 5) is 17.0. The third kappa shape index (κ3) is 3.63. The van der Waals surface area contributed by atoms with E-state index in [4.69, 9.17) is 22.1 Å². The second kappa shape index (κ2) is 7.14. The Bertz CT molecular complexity index is 425. The number of carbonyl (C=O) groups is 1. The van der Waals surface area contributed by atoms with Crippen LogP contribution in [0.15, 0.2) is 12.3 Å². The Morgan fingerprint density at radius 2 is 2.42 bits per heavy atom. The highest BCUT2D eigenvalue weighted by Gasteiger charge is 2.31. The molecule has 2 atom stereocenters. The summed E-state index contributed by atoms with van der Waals surface area (Å²) in [5, 5.41) is 0.537. The monoisotopic (exact) mass is 307 g/mol. The largest absolute Gasteiger partial charge is 0.381 e. The van der Waals surface area contributed by atoms with Crippen molar-refractivity contribution in [1.29, 1.82) is 0 Å². The van der Waals surface area contributed by atoms with Crippen molar-refractivity contribution in [3.63, 3.8) is 0 Å². The molecule has 1 aliphatic rings. The van der Waals surface area contributed by atoms with Crippen molar-refractivity contribution >= 4 is 29.9 Å². The highest BCUT2D eigenvalue weighted by Crippen LogP contribution is 2.22. The molecule has 2 unspecified atom stereocenters. The molecule has 3 N–H and O–H groups in total. The Morgan fingerprint density at radius 3 is 2.95 bits per heavy atom. The predicted molar refractivity (Wildman–Crippen MR) is 77.0 cm³/mol. The van der Waals surface area contributed by atoms with Crippen molar-refractivity contribution in [3.8, 4) is 0 Å². The van der Waals surface area contributed by atoms with Gasteiger partial charge < -0.3 is 20.4 Å². The zero-order valence-electron chi connectivity index (χ0n) is 10.8. The van der Waals surface area contributed by atoms with Gasteiger partial charge in [0, 0.05) is 32.4 Å². The van der Waals surface area contributed by atoms with E-state index in [-0.39, 0.29) is 30.5 Å². The number of piperidine rings is 1. The number of carbonyl (C=O) groups excluding carboxylic acids is 1. The van der Waals surface area contributed by atoms with Gasteiger partial charge in [-0.25, -0.2) is 0 Å². The number of rotatable bonds is 3. The summed E-state index contributed by atoms with van der Waals surface area (Å²) in [6.07, 6.45) is 3.42. The SMILES string of the molecule is COC1CCN(C(=O)c2cc(Cl)c[nH]2)C(CN)C1.Cl. The molecule has 0 aromatic carbocycles. The van der Waals surface area contributed by atoms with Crippen LogP contribution >= 0.6 is 24.0 Å². The van der Waals surface area contributed by atoms with E-state index in [0.717, 1.165) is 12.8 Å². The summed E-state index contributed by atoms with van der Waals surface area (Å²) in [7, 11) is 1.69. The van der Waals surface area contributed by atoms with Crippen molar-refractivity contribution in [2.24, 2.45) is 5.73 Å². The number of hydrogen-bond acceptors (Lipinski definition) is 3. The molecule has 2 rings (SSSR count). The summed E-state index contributed by atoms with van der Waals surface area (Å²) in [6, 6.07) is 1.66. The van der Waals surface area contributed by atoms with E-state index in [1.165, 1.54) is 0 Å². The molecule has 0 bridgehead atoms. The predicted octanol–water partition coefficient (Wildman–Crippen LogP) is 1.67. The quantitative estimate of drug-likeness (QED) is 0.892. The van der Waals surface area contributed by atoms with Crippen LogP contribution in [-0.4, -0.2) is 48.1 Å². The molecule has 19 heavy (non-hydrogen) atoms. The number of ether oxygens (including phenoxy) is 1. The van der Waals surface area contributed by atoms with Crippen LogP contribution in [0, 0.1) is 0 Å². The molecule has 7 heteroatoms. The van der Waals surface area contributed by atoms with Crippen LogP contribution in [0.5, 0.6) is 0 Å². The molecule has 1 aliphatic heterocycles. The molecule has 108 valence electrons. The van der Waals surface area contributed by atoms with Crippen LogP contribution in [0.3, 0.4) is 0 Å². The summed E-state index contributed by atoms with van der Waals surface area (Å²) in [6.45, 7) is 1.11. The van der Waals surface area contributed by atoms with Gasteiger partial charge in [-0.1, -0.05) is 11.6 Å². The summed E-state index contributed by atoms with van der Waals surface area (Å²) >= 11 is 5.81. The third-order valence-corrected chi connectivity index (χ3v) is 3.63. The van der Waals surface area contributed by atoms with E-state index < -0.39 is 0 Å². The van der Waals surface area contributed by atoms with Crippen LogP contribution < -0.4 is 5.73 Å². The standard InChI is InChI=1S/C12H18ClN3O2.ClH/c1-18-10-2-3-16(9(5-10)6-14)12(17)11-4-8(13)7-15-11;/h4,7,9-10,15H,2-3,5-6,14H2,1H3;1H. The number of halogens is 2. The van der Waals surface area contributed by atoms with E-state index in [2.05, 4.69) is 4.98 Å². The molecular formula is C12H19Cl2N3O2. The van der Waals surface area contributed by atoms with Gasteiger partial charge in [-0.2, -0.15) is 0 Å². The lowest BCUT2D eigenvalue weighted by Crippen LogP contribution is -2.51. The number of aromatic nitrogens is 1. The first-order valence-electron chi connectivity index (χ1n) is 6.03. The van der Waals surface area contributed by atoms with Gasteiger partial charge in [-0.15, -0.1) is 12.4 Å². The molecule has 5 nitrogen and oxygen atoms in total. The summed E-state index contributed by atoms with van der Waals surface area (Å²) in [5.41, 5.74) is 6.25. The fraction of sp³-hybridized carbons (Fsp3) is 0.583. The number of nitrogens with zero attached hydrogens (tertiary/aromatic N) is 1. The smallest absolute Gasteiger partial charge is 0.270 e. The van der Waals surface area contributed by atoms with Crippen LogP contribution in [0.25, 0.3) is 0 Å². The van der Waals surface area contributed by atoms with Gasteiger partial charge in [0.25, 0.3) is 5.91 Å². The lowest BCUT2D eigenvalue weighted by atomic mass is 9.99. The molecule has 0 saturated carbocycles. The van der Waals surface area contributed by atoms with Gasteiger partial charge in [0.15, 0.2) is 0 Å². The summed E-state index contributed by atoms with van der Waals surface area (Å²) < 4.78 is 5.34. The van der Waals surface area contributed by atoms with Crippen molar-refractivity contribution in [1.82, 2.24) is 9.88 Å². The zero-order valence-corrected chi connectivity index (χ0v) is 12.3. The van der Waals surface area contributed by atoms with Gasteiger partial charge in [-0.3, -0.25) is 4.79 Å². The minimum atomic E-state index is -0.0492. The average Bonchev–Trinajstić information content (AvgIpc) is 2.83. The number of nitrogens with one attached hydrogen (secondary N) is 1. The molecule has 0 spiro atoms. The van der Waals surface area contributed by atoms with Crippen LogP contribution in [0.4, 0.5) is 0 Å². The number of aromatic amines is 1. The van der Waals surface area contributed by atoms with Gasteiger partial charge in [0.2, 0.25) is 0 Å². The molecule has 1 saturated heterocycles. The maximum absolute atomic E-state index is 12.3. The van der Waals surface area contributed by atoms with E-state index in [1.54, 1.807) is 24.3 Å². The maximum Gasteiger partial charge on any atom is 0.270 e. The van der Waals surface area contributed by atoms with E-state index in [1.807, 2.05) is 0 Å². The Kier molecular flexibility index (Phi) is 6.13. The first-order valence-corrected chi connectivity index (χ1v) is 6.41. The molecule has 1 aromatic rings. The van der Waals surface area contributed by atoms with Gasteiger partial charge in [0.1, 0.15) is 5.69 Å². The molecule has 1 amide bonds. The lowest BCUT2D eigenvalue weighted by Gasteiger charge is -2.38. The zero-order chi connectivity index (χ0) is 13.1. The van der Waals surface area contributed by atoms with Crippen molar-refractivity contribution in [2.75, 3.05) is 20.2 Å². The third-order valence-electron chi connectivity index (χ3n) is 3.41. The highest BCUT2D eigenvalue weighted by molar-refractivity contribution is 6.30. The second-order valence-electron chi connectivity index (χ2n) is 4.50. The van der Waals surface area contributed by atoms with E-state index in [9.17, 15) is 4.79 Å². The lowest BCUT2D eigenvalue weighted by molar-refractivity contribution is 0.0136. The van der Waals surface area contributed by atoms with Crippen LogP contribution in [-0.2, 0) is 4.74 Å².